The Balaban J connectivity index is 1.98. The molecule has 0 aliphatic rings. The number of rotatable bonds is 9. The number of hydrogen-bond donors (Lipinski definition) is 3. The van der Waals surface area contributed by atoms with Crippen molar-refractivity contribution >= 4 is 17.5 Å². The van der Waals surface area contributed by atoms with Gasteiger partial charge in [-0.1, -0.05) is 57.5 Å². The van der Waals surface area contributed by atoms with Gasteiger partial charge in [0.05, 0.1) is 0 Å². The fourth-order valence-corrected chi connectivity index (χ4v) is 3.32. The van der Waals surface area contributed by atoms with Crippen molar-refractivity contribution in [3.8, 4) is 0 Å². The van der Waals surface area contributed by atoms with Gasteiger partial charge in [0.15, 0.2) is 6.54 Å². The van der Waals surface area contributed by atoms with Crippen LogP contribution in [0.3, 0.4) is 0 Å². The minimum atomic E-state index is -0.172. The predicted molar refractivity (Wildman–Crippen MR) is 113 cm³/mol. The number of carbonyl (C=O) groups excluding carboxylic acids is 2. The Morgan fingerprint density at radius 2 is 1.79 bits per heavy atom. The van der Waals surface area contributed by atoms with Crippen LogP contribution in [0.1, 0.15) is 54.7 Å². The number of nitrogens with two attached hydrogens (primary N) is 1. The summed E-state index contributed by atoms with van der Waals surface area (Å²) >= 11 is 0. The molecule has 0 aromatic heterocycles. The van der Waals surface area contributed by atoms with Crippen LogP contribution in [0, 0.1) is 5.92 Å². The number of amides is 2. The van der Waals surface area contributed by atoms with E-state index in [0.717, 1.165) is 12.8 Å². The maximum absolute atomic E-state index is 12.4. The van der Waals surface area contributed by atoms with Gasteiger partial charge in [-0.3, -0.25) is 9.59 Å². The second-order valence-corrected chi connectivity index (χ2v) is 7.41. The Bertz CT molecular complexity index is 785. The monoisotopic (exact) mass is 382 g/mol. The molecule has 0 aliphatic heterocycles. The number of aryl methyl sites for hydroxylation is 1. The SMILES string of the molecule is CCCc1ccc([C@H]([NH2+]CC(=O)Nc2cccc(C(=O)NC)c2)C(C)C)cc1. The van der Waals surface area contributed by atoms with Gasteiger partial charge in [-0.15, -0.1) is 0 Å². The lowest BCUT2D eigenvalue weighted by molar-refractivity contribution is -0.692. The van der Waals surface area contributed by atoms with Crippen molar-refractivity contribution in [2.75, 3.05) is 18.9 Å². The molecule has 1 atom stereocenters. The van der Waals surface area contributed by atoms with Gasteiger partial charge in [-0.25, -0.2) is 0 Å². The highest BCUT2D eigenvalue weighted by atomic mass is 16.2. The van der Waals surface area contributed by atoms with Crippen molar-refractivity contribution in [3.05, 3.63) is 65.2 Å². The van der Waals surface area contributed by atoms with Crippen LogP contribution in [0.25, 0.3) is 0 Å². The summed E-state index contributed by atoms with van der Waals surface area (Å²) in [7, 11) is 1.59. The third-order valence-corrected chi connectivity index (χ3v) is 4.81. The van der Waals surface area contributed by atoms with Crippen LogP contribution < -0.4 is 16.0 Å². The van der Waals surface area contributed by atoms with E-state index in [9.17, 15) is 9.59 Å². The predicted octanol–water partition coefficient (Wildman–Crippen LogP) is 2.90. The van der Waals surface area contributed by atoms with Gasteiger partial charge in [0.25, 0.3) is 11.8 Å². The first kappa shape index (κ1) is 21.6. The molecule has 0 saturated heterocycles. The fraction of sp³-hybridized carbons (Fsp3) is 0.391. The quantitative estimate of drug-likeness (QED) is 0.624. The number of nitrogens with one attached hydrogen (secondary N) is 2. The third-order valence-electron chi connectivity index (χ3n) is 4.81. The van der Waals surface area contributed by atoms with E-state index >= 15 is 0 Å². The van der Waals surface area contributed by atoms with Crippen LogP contribution in [0.4, 0.5) is 5.69 Å². The van der Waals surface area contributed by atoms with Gasteiger partial charge in [-0.05, 0) is 30.2 Å². The van der Waals surface area contributed by atoms with Crippen LogP contribution in [0.2, 0.25) is 0 Å². The first-order valence-corrected chi connectivity index (χ1v) is 9.98. The van der Waals surface area contributed by atoms with E-state index in [2.05, 4.69) is 61.0 Å². The van der Waals surface area contributed by atoms with Crippen molar-refractivity contribution in [1.82, 2.24) is 5.32 Å². The zero-order valence-electron chi connectivity index (χ0n) is 17.3. The average molecular weight is 383 g/mol. The highest BCUT2D eigenvalue weighted by Crippen LogP contribution is 2.18. The van der Waals surface area contributed by atoms with Crippen molar-refractivity contribution < 1.29 is 14.9 Å². The van der Waals surface area contributed by atoms with Gasteiger partial charge < -0.3 is 16.0 Å². The molecule has 5 nitrogen and oxygen atoms in total. The van der Waals surface area contributed by atoms with E-state index < -0.39 is 0 Å². The molecule has 0 spiro atoms. The maximum atomic E-state index is 12.4. The summed E-state index contributed by atoms with van der Waals surface area (Å²) in [5, 5.41) is 7.55. The molecule has 0 saturated carbocycles. The molecule has 0 bridgehead atoms. The normalized spacial score (nSPS) is 11.9. The summed E-state index contributed by atoms with van der Waals surface area (Å²) in [5.74, 6) is 0.151. The van der Waals surface area contributed by atoms with Crippen molar-refractivity contribution in [3.63, 3.8) is 0 Å². The Morgan fingerprint density at radius 3 is 2.39 bits per heavy atom. The smallest absolute Gasteiger partial charge is 0.279 e. The molecule has 150 valence electrons. The lowest BCUT2D eigenvalue weighted by atomic mass is 9.94. The Morgan fingerprint density at radius 1 is 1.07 bits per heavy atom. The molecule has 0 aliphatic carbocycles. The highest BCUT2D eigenvalue weighted by molar-refractivity contribution is 5.97. The molecule has 5 heteroatoms. The van der Waals surface area contributed by atoms with Crippen LogP contribution in [0.5, 0.6) is 0 Å². The molecule has 0 fully saturated rings. The molecule has 2 aromatic rings. The van der Waals surface area contributed by atoms with Gasteiger partial charge >= 0.3 is 0 Å². The van der Waals surface area contributed by atoms with E-state index in [4.69, 9.17) is 0 Å². The number of anilines is 1. The second-order valence-electron chi connectivity index (χ2n) is 7.41. The van der Waals surface area contributed by atoms with E-state index in [1.807, 2.05) is 0 Å². The molecule has 0 radical (unpaired) electrons. The summed E-state index contributed by atoms with van der Waals surface area (Å²) in [6.45, 7) is 6.85. The van der Waals surface area contributed by atoms with E-state index in [0.29, 0.717) is 23.7 Å². The number of quaternary nitrogens is 1. The van der Waals surface area contributed by atoms with Crippen molar-refractivity contribution in [1.29, 1.82) is 0 Å². The Kier molecular flexibility index (Phi) is 8.20. The second kappa shape index (κ2) is 10.6. The minimum Gasteiger partial charge on any atom is -0.355 e. The van der Waals surface area contributed by atoms with E-state index in [1.165, 1.54) is 11.1 Å². The fourth-order valence-electron chi connectivity index (χ4n) is 3.32. The van der Waals surface area contributed by atoms with Crippen LogP contribution in [-0.2, 0) is 11.2 Å². The van der Waals surface area contributed by atoms with Gasteiger partial charge in [0.1, 0.15) is 6.04 Å². The molecule has 2 amide bonds. The maximum Gasteiger partial charge on any atom is 0.279 e. The van der Waals surface area contributed by atoms with Gasteiger partial charge in [0, 0.05) is 29.8 Å². The minimum absolute atomic E-state index is 0.0812. The number of hydrogen-bond acceptors (Lipinski definition) is 2. The molecule has 0 unspecified atom stereocenters. The van der Waals surface area contributed by atoms with Gasteiger partial charge in [-0.2, -0.15) is 0 Å². The zero-order valence-corrected chi connectivity index (χ0v) is 17.3. The topological polar surface area (TPSA) is 74.8 Å². The molecule has 2 rings (SSSR count). The summed E-state index contributed by atoms with van der Waals surface area (Å²) in [4.78, 5) is 24.2. The van der Waals surface area contributed by atoms with Crippen LogP contribution >= 0.6 is 0 Å². The third kappa shape index (κ3) is 6.20. The largest absolute Gasteiger partial charge is 0.355 e. The first-order valence-electron chi connectivity index (χ1n) is 9.98. The molecular formula is C23H32N3O2+. The highest BCUT2D eigenvalue weighted by Gasteiger charge is 2.20. The summed E-state index contributed by atoms with van der Waals surface area (Å²) in [6, 6.07) is 15.9. The first-order chi connectivity index (χ1) is 13.4. The summed E-state index contributed by atoms with van der Waals surface area (Å²) in [6.07, 6.45) is 2.23. The molecule has 0 heterocycles. The average Bonchev–Trinajstić information content (AvgIpc) is 2.69. The Hall–Kier alpha value is -2.66. The summed E-state index contributed by atoms with van der Waals surface area (Å²) < 4.78 is 0. The van der Waals surface area contributed by atoms with Crippen molar-refractivity contribution in [2.24, 2.45) is 5.92 Å². The number of carbonyl (C=O) groups is 2. The Labute approximate surface area is 167 Å². The van der Waals surface area contributed by atoms with Crippen LogP contribution in [-0.4, -0.2) is 25.4 Å². The molecule has 4 N–H and O–H groups in total. The van der Waals surface area contributed by atoms with Crippen LogP contribution in [0.15, 0.2) is 48.5 Å². The van der Waals surface area contributed by atoms with Crippen molar-refractivity contribution in [2.45, 2.75) is 39.7 Å². The molecule has 2 aromatic carbocycles. The van der Waals surface area contributed by atoms with E-state index in [-0.39, 0.29) is 17.9 Å². The lowest BCUT2D eigenvalue weighted by Crippen LogP contribution is -2.88. The number of benzene rings is 2. The zero-order chi connectivity index (χ0) is 20.5. The lowest BCUT2D eigenvalue weighted by Gasteiger charge is -2.20. The van der Waals surface area contributed by atoms with Gasteiger partial charge in [0.2, 0.25) is 0 Å². The summed E-state index contributed by atoms with van der Waals surface area (Å²) in [5.41, 5.74) is 3.74. The molecule has 28 heavy (non-hydrogen) atoms. The van der Waals surface area contributed by atoms with E-state index in [1.54, 1.807) is 31.3 Å². The molecular weight excluding hydrogens is 350 g/mol. The standard InChI is InChI=1S/C23H31N3O2/c1-5-7-17-10-12-18(13-11-17)22(16(2)3)25-15-21(27)26-20-9-6-8-19(14-20)23(28)24-4/h6,8-14,16,22,25H,5,7,15H2,1-4H3,(H,24,28)(H,26,27)/p+1/t22-/m1/s1.